The molecule has 1 rings (SSSR count). The Labute approximate surface area is 115 Å². The van der Waals surface area contributed by atoms with Gasteiger partial charge >= 0.3 is 0 Å². The molecule has 1 saturated carbocycles. The van der Waals surface area contributed by atoms with Gasteiger partial charge < -0.3 is 0 Å². The van der Waals surface area contributed by atoms with Crippen LogP contribution in [0.25, 0.3) is 0 Å². The lowest BCUT2D eigenvalue weighted by molar-refractivity contribution is 0.304. The fraction of sp³-hybridized carbons (Fsp3) is 0.778. The summed E-state index contributed by atoms with van der Waals surface area (Å²) in [5, 5.41) is 0. The predicted octanol–water partition coefficient (Wildman–Crippen LogP) is 6.14. The van der Waals surface area contributed by atoms with Gasteiger partial charge in [-0.2, -0.15) is 0 Å². The average molecular weight is 248 g/mol. The molecule has 104 valence electrons. The Bertz CT molecular complexity index is 272. The molecule has 0 spiro atoms. The van der Waals surface area contributed by atoms with E-state index in [4.69, 9.17) is 0 Å². The lowest BCUT2D eigenvalue weighted by Gasteiger charge is -2.25. The van der Waals surface area contributed by atoms with E-state index in [1.807, 2.05) is 0 Å². The van der Waals surface area contributed by atoms with Gasteiger partial charge in [0, 0.05) is 0 Å². The second kappa shape index (κ2) is 8.56. The maximum atomic E-state index is 2.55. The van der Waals surface area contributed by atoms with Crippen molar-refractivity contribution >= 4 is 0 Å². The SMILES string of the molecule is CC=CC(C)=CC1CC(C)CCCCCC1CC. The molecule has 0 radical (unpaired) electrons. The van der Waals surface area contributed by atoms with Gasteiger partial charge in [-0.3, -0.25) is 0 Å². The highest BCUT2D eigenvalue weighted by molar-refractivity contribution is 5.16. The Morgan fingerprint density at radius 2 is 1.89 bits per heavy atom. The second-order valence-corrected chi connectivity index (χ2v) is 6.22. The zero-order chi connectivity index (χ0) is 13.4. The van der Waals surface area contributed by atoms with Crippen LogP contribution in [0, 0.1) is 17.8 Å². The van der Waals surface area contributed by atoms with E-state index in [1.165, 1.54) is 50.5 Å². The van der Waals surface area contributed by atoms with E-state index in [1.54, 1.807) is 0 Å². The van der Waals surface area contributed by atoms with Crippen molar-refractivity contribution in [1.82, 2.24) is 0 Å². The predicted molar refractivity (Wildman–Crippen MR) is 82.7 cm³/mol. The second-order valence-electron chi connectivity index (χ2n) is 6.22. The van der Waals surface area contributed by atoms with Crippen molar-refractivity contribution in [3.05, 3.63) is 23.8 Å². The zero-order valence-corrected chi connectivity index (χ0v) is 12.9. The normalized spacial score (nSPS) is 32.0. The molecule has 1 aliphatic rings. The molecule has 1 fully saturated rings. The van der Waals surface area contributed by atoms with Crippen LogP contribution in [0.4, 0.5) is 0 Å². The van der Waals surface area contributed by atoms with Crippen LogP contribution in [0.5, 0.6) is 0 Å². The summed E-state index contributed by atoms with van der Waals surface area (Å²) >= 11 is 0. The molecule has 0 bridgehead atoms. The molecule has 3 atom stereocenters. The van der Waals surface area contributed by atoms with E-state index in [2.05, 4.69) is 45.9 Å². The van der Waals surface area contributed by atoms with Crippen LogP contribution in [0.1, 0.15) is 72.6 Å². The molecule has 0 heterocycles. The molecule has 0 heteroatoms. The fourth-order valence-corrected chi connectivity index (χ4v) is 3.43. The Hall–Kier alpha value is -0.520. The largest absolute Gasteiger partial charge is 0.0874 e. The highest BCUT2D eigenvalue weighted by Gasteiger charge is 2.21. The summed E-state index contributed by atoms with van der Waals surface area (Å²) in [6.07, 6.45) is 16.9. The lowest BCUT2D eigenvalue weighted by Crippen LogP contribution is -2.15. The standard InChI is InChI=1S/C18H32/c1-5-10-15(3)13-18-14-16(4)11-8-7-9-12-17(18)6-2/h5,10,13,16-18H,6-9,11-12,14H2,1-4H3. The first-order valence-corrected chi connectivity index (χ1v) is 7.98. The summed E-state index contributed by atoms with van der Waals surface area (Å²) < 4.78 is 0. The van der Waals surface area contributed by atoms with Crippen LogP contribution in [-0.4, -0.2) is 0 Å². The minimum Gasteiger partial charge on any atom is -0.0874 e. The van der Waals surface area contributed by atoms with Gasteiger partial charge in [-0.1, -0.05) is 69.8 Å². The van der Waals surface area contributed by atoms with Crippen molar-refractivity contribution in [2.75, 3.05) is 0 Å². The third-order valence-electron chi connectivity index (χ3n) is 4.48. The van der Waals surface area contributed by atoms with Gasteiger partial charge in [0.25, 0.3) is 0 Å². The number of rotatable bonds is 3. The van der Waals surface area contributed by atoms with Crippen LogP contribution < -0.4 is 0 Å². The van der Waals surface area contributed by atoms with Gasteiger partial charge in [0.1, 0.15) is 0 Å². The summed E-state index contributed by atoms with van der Waals surface area (Å²) in [4.78, 5) is 0. The first-order valence-electron chi connectivity index (χ1n) is 7.98. The molecular weight excluding hydrogens is 216 g/mol. The maximum absolute atomic E-state index is 2.55. The molecular formula is C18H32. The lowest BCUT2D eigenvalue weighted by atomic mass is 9.80. The maximum Gasteiger partial charge on any atom is -0.0197 e. The Balaban J connectivity index is 2.79. The smallest absolute Gasteiger partial charge is 0.0197 e. The van der Waals surface area contributed by atoms with E-state index in [0.29, 0.717) is 0 Å². The van der Waals surface area contributed by atoms with Crippen molar-refractivity contribution in [3.63, 3.8) is 0 Å². The van der Waals surface area contributed by atoms with Crippen molar-refractivity contribution in [3.8, 4) is 0 Å². The first kappa shape index (κ1) is 15.5. The van der Waals surface area contributed by atoms with Crippen molar-refractivity contribution in [2.45, 2.75) is 72.6 Å². The molecule has 0 aliphatic heterocycles. The highest BCUT2D eigenvalue weighted by atomic mass is 14.3. The minimum atomic E-state index is 0.805. The van der Waals surface area contributed by atoms with Gasteiger partial charge in [-0.15, -0.1) is 0 Å². The minimum absolute atomic E-state index is 0.805. The molecule has 0 amide bonds. The summed E-state index contributed by atoms with van der Waals surface area (Å²) in [7, 11) is 0. The third-order valence-corrected chi connectivity index (χ3v) is 4.48. The van der Waals surface area contributed by atoms with Gasteiger partial charge in [-0.05, 0) is 44.4 Å². The quantitative estimate of drug-likeness (QED) is 0.526. The van der Waals surface area contributed by atoms with Crippen molar-refractivity contribution in [2.24, 2.45) is 17.8 Å². The van der Waals surface area contributed by atoms with E-state index in [9.17, 15) is 0 Å². The molecule has 3 unspecified atom stereocenters. The number of hydrogen-bond donors (Lipinski definition) is 0. The molecule has 0 aromatic carbocycles. The molecule has 1 aliphatic carbocycles. The summed E-state index contributed by atoms with van der Waals surface area (Å²) in [5.41, 5.74) is 1.45. The third kappa shape index (κ3) is 5.42. The number of hydrogen-bond acceptors (Lipinski definition) is 0. The van der Waals surface area contributed by atoms with E-state index < -0.39 is 0 Å². The fourth-order valence-electron chi connectivity index (χ4n) is 3.43. The summed E-state index contributed by atoms with van der Waals surface area (Å²) in [6, 6.07) is 0. The molecule has 0 N–H and O–H groups in total. The van der Waals surface area contributed by atoms with Crippen LogP contribution in [0.15, 0.2) is 23.8 Å². The van der Waals surface area contributed by atoms with Crippen LogP contribution >= 0.6 is 0 Å². The Kier molecular flexibility index (Phi) is 7.39. The monoisotopic (exact) mass is 248 g/mol. The van der Waals surface area contributed by atoms with Crippen molar-refractivity contribution in [1.29, 1.82) is 0 Å². The van der Waals surface area contributed by atoms with Crippen LogP contribution in [0.3, 0.4) is 0 Å². The van der Waals surface area contributed by atoms with Crippen LogP contribution in [0.2, 0.25) is 0 Å². The average Bonchev–Trinajstić information content (AvgIpc) is 2.40. The summed E-state index contributed by atoms with van der Waals surface area (Å²) in [6.45, 7) is 9.19. The van der Waals surface area contributed by atoms with E-state index >= 15 is 0 Å². The first-order chi connectivity index (χ1) is 8.67. The Morgan fingerprint density at radius 3 is 2.56 bits per heavy atom. The van der Waals surface area contributed by atoms with E-state index in [0.717, 1.165) is 17.8 Å². The molecule has 18 heavy (non-hydrogen) atoms. The molecule has 0 aromatic rings. The Morgan fingerprint density at radius 1 is 1.17 bits per heavy atom. The van der Waals surface area contributed by atoms with Gasteiger partial charge in [0.2, 0.25) is 0 Å². The van der Waals surface area contributed by atoms with E-state index in [-0.39, 0.29) is 0 Å². The molecule has 0 nitrogen and oxygen atoms in total. The van der Waals surface area contributed by atoms with Gasteiger partial charge in [0.05, 0.1) is 0 Å². The zero-order valence-electron chi connectivity index (χ0n) is 12.9. The van der Waals surface area contributed by atoms with Crippen molar-refractivity contribution < 1.29 is 0 Å². The van der Waals surface area contributed by atoms with Gasteiger partial charge in [0.15, 0.2) is 0 Å². The molecule has 0 aromatic heterocycles. The number of allylic oxidation sites excluding steroid dienone is 4. The highest BCUT2D eigenvalue weighted by Crippen LogP contribution is 2.33. The summed E-state index contributed by atoms with van der Waals surface area (Å²) in [5.74, 6) is 2.61. The topological polar surface area (TPSA) is 0 Å². The molecule has 0 saturated heterocycles. The van der Waals surface area contributed by atoms with Crippen LogP contribution in [-0.2, 0) is 0 Å². The van der Waals surface area contributed by atoms with Gasteiger partial charge in [-0.25, -0.2) is 0 Å².